The van der Waals surface area contributed by atoms with E-state index < -0.39 is 18.6 Å². The molecular weight excluding hydrogens is 287 g/mol. The number of nitrogens with two attached hydrogens (primary N) is 1. The first-order valence-corrected chi connectivity index (χ1v) is 6.49. The molecule has 116 valence electrons. The highest BCUT2D eigenvalue weighted by Crippen LogP contribution is 2.22. The van der Waals surface area contributed by atoms with Gasteiger partial charge in [-0.2, -0.15) is 13.2 Å². The summed E-state index contributed by atoms with van der Waals surface area (Å²) < 4.78 is 36.8. The van der Waals surface area contributed by atoms with Gasteiger partial charge >= 0.3 is 6.18 Å². The van der Waals surface area contributed by atoms with Crippen LogP contribution in [0.3, 0.4) is 0 Å². The number of aromatic nitrogens is 2. The highest BCUT2D eigenvalue weighted by molar-refractivity contribution is 5.96. The Balaban J connectivity index is 1.80. The number of hydrogen-bond acceptors (Lipinski definition) is 5. The zero-order valence-electron chi connectivity index (χ0n) is 11.2. The molecule has 1 aliphatic rings. The van der Waals surface area contributed by atoms with E-state index in [1.165, 1.54) is 17.3 Å². The molecule has 0 saturated carbocycles. The van der Waals surface area contributed by atoms with Crippen LogP contribution in [-0.2, 0) is 0 Å². The van der Waals surface area contributed by atoms with Crippen molar-refractivity contribution in [2.75, 3.05) is 31.9 Å². The van der Waals surface area contributed by atoms with Crippen LogP contribution in [-0.4, -0.2) is 53.1 Å². The van der Waals surface area contributed by atoms with Crippen molar-refractivity contribution in [3.63, 3.8) is 0 Å². The molecule has 0 radical (unpaired) electrons. The number of hydrogen-bond donors (Lipinski definition) is 2. The number of nitrogen functional groups attached to an aromatic ring is 1. The molecule has 1 aromatic heterocycles. The number of amides is 1. The minimum Gasteiger partial charge on any atom is -0.382 e. The molecule has 9 heteroatoms. The van der Waals surface area contributed by atoms with Gasteiger partial charge in [-0.25, -0.2) is 9.97 Å². The molecule has 1 saturated heterocycles. The van der Waals surface area contributed by atoms with Crippen LogP contribution < -0.4 is 11.1 Å². The van der Waals surface area contributed by atoms with Crippen molar-refractivity contribution in [2.45, 2.75) is 12.6 Å². The average Bonchev–Trinajstić information content (AvgIpc) is 2.82. The highest BCUT2D eigenvalue weighted by Gasteiger charge is 2.34. The van der Waals surface area contributed by atoms with Crippen molar-refractivity contribution in [3.05, 3.63) is 18.1 Å². The second-order valence-corrected chi connectivity index (χ2v) is 5.01. The predicted octanol–water partition coefficient (Wildman–Crippen LogP) is 0.673. The third-order valence-corrected chi connectivity index (χ3v) is 3.27. The Morgan fingerprint density at radius 1 is 1.43 bits per heavy atom. The second kappa shape index (κ2) is 6.25. The van der Waals surface area contributed by atoms with Gasteiger partial charge in [0.25, 0.3) is 5.91 Å². The van der Waals surface area contributed by atoms with Gasteiger partial charge < -0.3 is 11.1 Å². The summed E-state index contributed by atoms with van der Waals surface area (Å²) in [6, 6.07) is 0. The van der Waals surface area contributed by atoms with Gasteiger partial charge in [0.05, 0.1) is 6.54 Å². The van der Waals surface area contributed by atoms with E-state index in [1.54, 1.807) is 0 Å². The molecule has 3 N–H and O–H groups in total. The Labute approximate surface area is 119 Å². The van der Waals surface area contributed by atoms with Crippen LogP contribution in [0.25, 0.3) is 0 Å². The zero-order chi connectivity index (χ0) is 15.5. The maximum atomic E-state index is 12.3. The van der Waals surface area contributed by atoms with Crippen LogP contribution in [0.15, 0.2) is 12.4 Å². The van der Waals surface area contributed by atoms with Crippen LogP contribution in [0.5, 0.6) is 0 Å². The molecule has 1 amide bonds. The van der Waals surface area contributed by atoms with Gasteiger partial charge in [-0.1, -0.05) is 0 Å². The molecule has 1 aliphatic heterocycles. The number of rotatable bonds is 4. The van der Waals surface area contributed by atoms with E-state index in [4.69, 9.17) is 5.73 Å². The van der Waals surface area contributed by atoms with Gasteiger partial charge in [0, 0.05) is 25.5 Å². The Kier molecular flexibility index (Phi) is 4.61. The molecule has 1 unspecified atom stereocenters. The number of nitrogens with zero attached hydrogens (tertiary/aromatic N) is 3. The smallest absolute Gasteiger partial charge is 0.382 e. The Morgan fingerprint density at radius 3 is 2.81 bits per heavy atom. The molecule has 21 heavy (non-hydrogen) atoms. The summed E-state index contributed by atoms with van der Waals surface area (Å²) in [4.78, 5) is 20.8. The van der Waals surface area contributed by atoms with E-state index in [0.717, 1.165) is 0 Å². The maximum absolute atomic E-state index is 12.3. The topological polar surface area (TPSA) is 84.1 Å². The van der Waals surface area contributed by atoms with Gasteiger partial charge in [-0.15, -0.1) is 0 Å². The molecule has 0 aliphatic carbocycles. The summed E-state index contributed by atoms with van der Waals surface area (Å²) in [6.45, 7) is 0.0842. The third-order valence-electron chi connectivity index (χ3n) is 3.27. The fraction of sp³-hybridized carbons (Fsp3) is 0.583. The fourth-order valence-corrected chi connectivity index (χ4v) is 2.32. The zero-order valence-corrected chi connectivity index (χ0v) is 11.2. The summed E-state index contributed by atoms with van der Waals surface area (Å²) >= 11 is 0. The molecule has 1 fully saturated rings. The number of anilines is 1. The minimum atomic E-state index is -4.19. The lowest BCUT2D eigenvalue weighted by Crippen LogP contribution is -2.35. The lowest BCUT2D eigenvalue weighted by Gasteiger charge is -2.18. The summed E-state index contributed by atoms with van der Waals surface area (Å²) in [5, 5.41) is 2.64. The van der Waals surface area contributed by atoms with E-state index in [2.05, 4.69) is 15.3 Å². The number of carbonyl (C=O) groups is 1. The van der Waals surface area contributed by atoms with Crippen molar-refractivity contribution >= 4 is 11.7 Å². The monoisotopic (exact) mass is 303 g/mol. The Hall–Kier alpha value is -1.90. The number of likely N-dealkylation sites (tertiary alicyclic amines) is 1. The van der Waals surface area contributed by atoms with Crippen LogP contribution in [0, 0.1) is 5.92 Å². The molecular formula is C12H16F3N5O. The van der Waals surface area contributed by atoms with Crippen LogP contribution in [0.2, 0.25) is 0 Å². The Bertz CT molecular complexity index is 508. The van der Waals surface area contributed by atoms with Crippen molar-refractivity contribution in [1.82, 2.24) is 20.2 Å². The van der Waals surface area contributed by atoms with Gasteiger partial charge in [0.1, 0.15) is 0 Å². The van der Waals surface area contributed by atoms with Gasteiger partial charge in [-0.05, 0) is 18.9 Å². The van der Waals surface area contributed by atoms with Gasteiger partial charge in [0.2, 0.25) is 0 Å². The molecule has 0 spiro atoms. The summed E-state index contributed by atoms with van der Waals surface area (Å²) in [5.74, 6) is -0.441. The van der Waals surface area contributed by atoms with Crippen molar-refractivity contribution in [1.29, 1.82) is 0 Å². The lowest BCUT2D eigenvalue weighted by atomic mass is 10.1. The molecule has 1 atom stereocenters. The van der Waals surface area contributed by atoms with Crippen molar-refractivity contribution in [3.8, 4) is 0 Å². The largest absolute Gasteiger partial charge is 0.401 e. The summed E-state index contributed by atoms with van der Waals surface area (Å²) in [7, 11) is 0. The molecule has 0 bridgehead atoms. The maximum Gasteiger partial charge on any atom is 0.401 e. The number of carbonyl (C=O) groups excluding carboxylic acids is 1. The molecule has 1 aromatic rings. The van der Waals surface area contributed by atoms with Gasteiger partial charge in [0.15, 0.2) is 11.5 Å². The SMILES string of the molecule is Nc1nccnc1C(=O)NCC1CCN(CC(F)(F)F)C1. The van der Waals surface area contributed by atoms with E-state index in [1.807, 2.05) is 0 Å². The number of alkyl halides is 3. The fourth-order valence-electron chi connectivity index (χ4n) is 2.32. The molecule has 0 aromatic carbocycles. The van der Waals surface area contributed by atoms with Gasteiger partial charge in [-0.3, -0.25) is 9.69 Å². The first-order chi connectivity index (χ1) is 9.85. The standard InChI is InChI=1S/C12H16F3N5O/c13-12(14,15)7-20-4-1-8(6-20)5-19-11(21)9-10(16)18-3-2-17-9/h2-3,8H,1,4-7H2,(H2,16,18)(H,19,21). The minimum absolute atomic E-state index is 0.00537. The normalized spacial score (nSPS) is 19.7. The van der Waals surface area contributed by atoms with Crippen LogP contribution >= 0.6 is 0 Å². The highest BCUT2D eigenvalue weighted by atomic mass is 19.4. The lowest BCUT2D eigenvalue weighted by molar-refractivity contribution is -0.143. The molecule has 6 nitrogen and oxygen atoms in total. The van der Waals surface area contributed by atoms with E-state index in [-0.39, 0.29) is 17.4 Å². The van der Waals surface area contributed by atoms with Crippen molar-refractivity contribution in [2.24, 2.45) is 5.92 Å². The second-order valence-electron chi connectivity index (χ2n) is 5.01. The third kappa shape index (κ3) is 4.55. The van der Waals surface area contributed by atoms with E-state index in [9.17, 15) is 18.0 Å². The summed E-state index contributed by atoms with van der Waals surface area (Å²) in [6.07, 6.45) is -0.845. The first-order valence-electron chi connectivity index (χ1n) is 6.49. The predicted molar refractivity (Wildman–Crippen MR) is 69.4 cm³/mol. The molecule has 2 heterocycles. The average molecular weight is 303 g/mol. The van der Waals surface area contributed by atoms with E-state index in [0.29, 0.717) is 26.1 Å². The Morgan fingerprint density at radius 2 is 2.14 bits per heavy atom. The van der Waals surface area contributed by atoms with Crippen LogP contribution in [0.4, 0.5) is 19.0 Å². The quantitative estimate of drug-likeness (QED) is 0.854. The molecule has 2 rings (SSSR count). The first kappa shape index (κ1) is 15.5. The van der Waals surface area contributed by atoms with Crippen molar-refractivity contribution < 1.29 is 18.0 Å². The number of nitrogens with one attached hydrogen (secondary N) is 1. The van der Waals surface area contributed by atoms with Crippen LogP contribution in [0.1, 0.15) is 16.9 Å². The number of halogens is 3. The van der Waals surface area contributed by atoms with E-state index >= 15 is 0 Å². The summed E-state index contributed by atoms with van der Waals surface area (Å²) in [5.41, 5.74) is 5.56.